The quantitative estimate of drug-likeness (QED) is 0.874. The number of nitrogens with two attached hydrogens (primary N) is 1. The van der Waals surface area contributed by atoms with Crippen molar-refractivity contribution < 1.29 is 4.74 Å². The fraction of sp³-hybridized carbons (Fsp3) is 0.625. The van der Waals surface area contributed by atoms with Gasteiger partial charge in [0.2, 0.25) is 0 Å². The lowest BCUT2D eigenvalue weighted by Crippen LogP contribution is -2.23. The van der Waals surface area contributed by atoms with Gasteiger partial charge in [0.25, 0.3) is 0 Å². The van der Waals surface area contributed by atoms with E-state index in [9.17, 15) is 0 Å². The highest BCUT2D eigenvalue weighted by Crippen LogP contribution is 2.34. The van der Waals surface area contributed by atoms with Gasteiger partial charge in [-0.15, -0.1) is 0 Å². The van der Waals surface area contributed by atoms with Crippen LogP contribution in [0, 0.1) is 5.92 Å². The minimum absolute atomic E-state index is 0.144. The van der Waals surface area contributed by atoms with Crippen LogP contribution in [-0.2, 0) is 0 Å². The molecule has 1 saturated carbocycles. The van der Waals surface area contributed by atoms with Crippen LogP contribution in [-0.4, -0.2) is 5.60 Å². The molecule has 2 heteroatoms. The lowest BCUT2D eigenvalue weighted by atomic mass is 9.92. The summed E-state index contributed by atoms with van der Waals surface area (Å²) in [6, 6.07) is 8.50. The van der Waals surface area contributed by atoms with Gasteiger partial charge >= 0.3 is 0 Å². The van der Waals surface area contributed by atoms with Crippen LogP contribution in [0.5, 0.6) is 5.75 Å². The molecule has 0 spiro atoms. The van der Waals surface area contributed by atoms with E-state index in [1.54, 1.807) is 0 Å². The van der Waals surface area contributed by atoms with Crippen molar-refractivity contribution in [3.8, 4) is 5.75 Å². The minimum Gasteiger partial charge on any atom is -0.488 e. The third-order valence-electron chi connectivity index (χ3n) is 3.60. The Morgan fingerprint density at radius 1 is 1.11 bits per heavy atom. The molecule has 0 aromatic heterocycles. The van der Waals surface area contributed by atoms with Crippen LogP contribution in [0.4, 0.5) is 0 Å². The number of rotatable bonds is 3. The molecule has 2 nitrogen and oxygen atoms in total. The SMILES string of the molecule is CC(C)(C)Oc1ccc([C@H](N)C2CCCC2)cc1. The number of hydrogen-bond acceptors (Lipinski definition) is 2. The summed E-state index contributed by atoms with van der Waals surface area (Å²) in [5.41, 5.74) is 7.43. The Morgan fingerprint density at radius 2 is 1.67 bits per heavy atom. The van der Waals surface area contributed by atoms with Gasteiger partial charge in [-0.1, -0.05) is 25.0 Å². The van der Waals surface area contributed by atoms with Crippen molar-refractivity contribution in [2.45, 2.75) is 58.1 Å². The lowest BCUT2D eigenvalue weighted by Gasteiger charge is -2.23. The van der Waals surface area contributed by atoms with Crippen LogP contribution in [0.15, 0.2) is 24.3 Å². The third kappa shape index (κ3) is 3.49. The average molecular weight is 247 g/mol. The summed E-state index contributed by atoms with van der Waals surface area (Å²) < 4.78 is 5.82. The molecular formula is C16H25NO. The molecule has 0 amide bonds. The van der Waals surface area contributed by atoms with E-state index in [1.165, 1.54) is 31.2 Å². The Bertz CT molecular complexity index is 371. The Balaban J connectivity index is 2.02. The Hall–Kier alpha value is -1.02. The molecule has 100 valence electrons. The highest BCUT2D eigenvalue weighted by atomic mass is 16.5. The third-order valence-corrected chi connectivity index (χ3v) is 3.60. The Morgan fingerprint density at radius 3 is 2.17 bits per heavy atom. The van der Waals surface area contributed by atoms with Gasteiger partial charge in [0.15, 0.2) is 0 Å². The van der Waals surface area contributed by atoms with E-state index in [4.69, 9.17) is 10.5 Å². The predicted molar refractivity (Wildman–Crippen MR) is 75.7 cm³/mol. The monoisotopic (exact) mass is 247 g/mol. The maximum absolute atomic E-state index is 6.34. The van der Waals surface area contributed by atoms with Crippen LogP contribution in [0.25, 0.3) is 0 Å². The summed E-state index contributed by atoms with van der Waals surface area (Å²) in [6.45, 7) is 6.18. The van der Waals surface area contributed by atoms with E-state index >= 15 is 0 Å². The molecule has 0 saturated heterocycles. The van der Waals surface area contributed by atoms with Gasteiger partial charge in [-0.2, -0.15) is 0 Å². The number of hydrogen-bond donors (Lipinski definition) is 1. The van der Waals surface area contributed by atoms with Crippen molar-refractivity contribution in [3.05, 3.63) is 29.8 Å². The second-order valence-corrected chi connectivity index (χ2v) is 6.35. The molecule has 1 aliphatic rings. The molecule has 0 heterocycles. The van der Waals surface area contributed by atoms with E-state index in [0.717, 1.165) is 5.75 Å². The standard InChI is InChI=1S/C16H25NO/c1-16(2,3)18-14-10-8-13(9-11-14)15(17)12-6-4-5-7-12/h8-12,15H,4-7,17H2,1-3H3/t15-/m1/s1. The molecule has 2 rings (SSSR count). The fourth-order valence-corrected chi connectivity index (χ4v) is 2.70. The largest absolute Gasteiger partial charge is 0.488 e. The molecular weight excluding hydrogens is 222 g/mol. The minimum atomic E-state index is -0.144. The summed E-state index contributed by atoms with van der Waals surface area (Å²) in [6.07, 6.45) is 5.23. The van der Waals surface area contributed by atoms with Crippen molar-refractivity contribution in [2.75, 3.05) is 0 Å². The first-order chi connectivity index (χ1) is 8.46. The first-order valence-corrected chi connectivity index (χ1v) is 7.00. The summed E-state index contributed by atoms with van der Waals surface area (Å²) >= 11 is 0. The molecule has 1 fully saturated rings. The van der Waals surface area contributed by atoms with Crippen molar-refractivity contribution in [1.29, 1.82) is 0 Å². The molecule has 18 heavy (non-hydrogen) atoms. The molecule has 0 unspecified atom stereocenters. The molecule has 1 aliphatic carbocycles. The predicted octanol–water partition coefficient (Wildman–Crippen LogP) is 4.05. The molecule has 1 atom stereocenters. The molecule has 2 N–H and O–H groups in total. The fourth-order valence-electron chi connectivity index (χ4n) is 2.70. The maximum atomic E-state index is 6.34. The summed E-state index contributed by atoms with van der Waals surface area (Å²) in [5.74, 6) is 1.59. The Labute approximate surface area is 111 Å². The summed E-state index contributed by atoms with van der Waals surface area (Å²) in [4.78, 5) is 0. The van der Waals surface area contributed by atoms with Crippen molar-refractivity contribution in [3.63, 3.8) is 0 Å². The van der Waals surface area contributed by atoms with Crippen LogP contribution >= 0.6 is 0 Å². The van der Waals surface area contributed by atoms with Crippen LogP contribution < -0.4 is 10.5 Å². The van der Waals surface area contributed by atoms with E-state index in [0.29, 0.717) is 5.92 Å². The molecule has 0 radical (unpaired) electrons. The zero-order chi connectivity index (χ0) is 13.2. The summed E-state index contributed by atoms with van der Waals surface area (Å²) in [5, 5.41) is 0. The summed E-state index contributed by atoms with van der Waals surface area (Å²) in [7, 11) is 0. The molecule has 1 aromatic rings. The van der Waals surface area contributed by atoms with Crippen molar-refractivity contribution >= 4 is 0 Å². The van der Waals surface area contributed by atoms with Crippen LogP contribution in [0.3, 0.4) is 0 Å². The number of benzene rings is 1. The van der Waals surface area contributed by atoms with Gasteiger partial charge in [-0.05, 0) is 57.2 Å². The highest BCUT2D eigenvalue weighted by Gasteiger charge is 2.23. The number of ether oxygens (including phenoxy) is 1. The second kappa shape index (κ2) is 5.31. The zero-order valence-corrected chi connectivity index (χ0v) is 11.8. The highest BCUT2D eigenvalue weighted by molar-refractivity contribution is 5.29. The first-order valence-electron chi connectivity index (χ1n) is 7.00. The second-order valence-electron chi connectivity index (χ2n) is 6.35. The van der Waals surface area contributed by atoms with E-state index < -0.39 is 0 Å². The first kappa shape index (κ1) is 13.4. The maximum Gasteiger partial charge on any atom is 0.120 e. The smallest absolute Gasteiger partial charge is 0.120 e. The Kier molecular flexibility index (Phi) is 3.96. The van der Waals surface area contributed by atoms with Gasteiger partial charge in [-0.3, -0.25) is 0 Å². The zero-order valence-electron chi connectivity index (χ0n) is 11.8. The van der Waals surface area contributed by atoms with Gasteiger partial charge in [0.05, 0.1) is 0 Å². The average Bonchev–Trinajstić information content (AvgIpc) is 2.80. The van der Waals surface area contributed by atoms with E-state index in [2.05, 4.69) is 32.9 Å². The van der Waals surface area contributed by atoms with Gasteiger partial charge in [-0.25, -0.2) is 0 Å². The molecule has 0 aliphatic heterocycles. The topological polar surface area (TPSA) is 35.2 Å². The molecule has 0 bridgehead atoms. The van der Waals surface area contributed by atoms with Gasteiger partial charge in [0.1, 0.15) is 11.4 Å². The normalized spacial score (nSPS) is 18.9. The molecule has 1 aromatic carbocycles. The van der Waals surface area contributed by atoms with Crippen molar-refractivity contribution in [1.82, 2.24) is 0 Å². The lowest BCUT2D eigenvalue weighted by molar-refractivity contribution is 0.131. The van der Waals surface area contributed by atoms with Gasteiger partial charge < -0.3 is 10.5 Å². The van der Waals surface area contributed by atoms with E-state index in [1.807, 2.05) is 12.1 Å². The van der Waals surface area contributed by atoms with Gasteiger partial charge in [0, 0.05) is 6.04 Å². The van der Waals surface area contributed by atoms with E-state index in [-0.39, 0.29) is 11.6 Å². The van der Waals surface area contributed by atoms with Crippen molar-refractivity contribution in [2.24, 2.45) is 11.7 Å². The van der Waals surface area contributed by atoms with Crippen LogP contribution in [0.1, 0.15) is 58.1 Å². The van der Waals surface area contributed by atoms with Crippen LogP contribution in [0.2, 0.25) is 0 Å².